The number of hydrogen-bond acceptors (Lipinski definition) is 5. The Kier molecular flexibility index (Phi) is 47.4. The van der Waals surface area contributed by atoms with Gasteiger partial charge in [0.15, 0.2) is 0 Å². The Morgan fingerprint density at radius 1 is 0.400 bits per heavy atom. The van der Waals surface area contributed by atoms with E-state index in [0.717, 1.165) is 51.4 Å². The topological polar surface area (TPSA) is 110 Å². The summed E-state index contributed by atoms with van der Waals surface area (Å²) in [6, 6.07) is -1.01. The maximum atomic E-state index is 12.6. The molecular weight excluding hydrogens is 743 g/mol. The maximum absolute atomic E-state index is 12.6. The Hall–Kier alpha value is -1.47. The second-order valence-corrected chi connectivity index (χ2v) is 18.2. The summed E-state index contributed by atoms with van der Waals surface area (Å²) in [5, 5.41) is 43.8. The number of aliphatic hydroxyl groups is 4. The Bertz CT molecular complexity index is 950. The van der Waals surface area contributed by atoms with E-state index in [1.807, 2.05) is 0 Å². The van der Waals surface area contributed by atoms with Gasteiger partial charge in [0.1, 0.15) is 12.2 Å². The highest BCUT2D eigenvalue weighted by Crippen LogP contribution is 2.17. The fraction of sp³-hybridized carbons (Fsp3) is 0.870. The van der Waals surface area contributed by atoms with Gasteiger partial charge in [-0.3, -0.25) is 4.79 Å². The van der Waals surface area contributed by atoms with Gasteiger partial charge < -0.3 is 25.7 Å². The van der Waals surface area contributed by atoms with Crippen LogP contribution in [0.1, 0.15) is 271 Å². The molecule has 4 unspecified atom stereocenters. The maximum Gasteiger partial charge on any atom is 0.249 e. The van der Waals surface area contributed by atoms with Gasteiger partial charge in [0, 0.05) is 0 Å². The SMILES string of the molecule is CCCC/C=C/CC/C=C/CC/C=C/CCCC(O)C(O)C(CO)NC(=O)C(O)CCCCCCCCCCCCCCCCCCCCCCCCCCCCCCC. The number of nitrogens with one attached hydrogen (secondary N) is 1. The molecule has 0 aliphatic heterocycles. The molecule has 0 saturated carbocycles. The standard InChI is InChI=1S/C54H103NO5/c1-3-5-7-9-11-13-15-17-19-20-21-22-23-24-25-26-27-28-29-30-31-32-34-36-38-40-42-44-46-48-52(58)54(60)55-50(49-56)53(59)51(57)47-45-43-41-39-37-35-33-18-16-14-12-10-8-6-4-2/h10,12,18,33,39,41,50-53,56-59H,3-9,11,13-17,19-32,34-38,40,42-49H2,1-2H3,(H,55,60)/b12-10+,33-18+,41-39+. The van der Waals surface area contributed by atoms with Crippen molar-refractivity contribution in [3.05, 3.63) is 36.5 Å². The van der Waals surface area contributed by atoms with E-state index in [1.165, 1.54) is 186 Å². The molecule has 0 fully saturated rings. The highest BCUT2D eigenvalue weighted by Gasteiger charge is 2.28. The van der Waals surface area contributed by atoms with Crippen molar-refractivity contribution in [1.29, 1.82) is 0 Å². The van der Waals surface area contributed by atoms with Crippen LogP contribution in [0.5, 0.6) is 0 Å². The molecule has 6 heteroatoms. The monoisotopic (exact) mass is 846 g/mol. The molecule has 0 aromatic rings. The first-order chi connectivity index (χ1) is 29.5. The summed E-state index contributed by atoms with van der Waals surface area (Å²) >= 11 is 0. The molecule has 0 spiro atoms. The summed E-state index contributed by atoms with van der Waals surface area (Å²) in [7, 11) is 0. The molecule has 4 atom stereocenters. The minimum atomic E-state index is -1.29. The summed E-state index contributed by atoms with van der Waals surface area (Å²) < 4.78 is 0. The molecule has 0 saturated heterocycles. The zero-order valence-corrected chi connectivity index (χ0v) is 40.0. The second-order valence-electron chi connectivity index (χ2n) is 18.2. The Balaban J connectivity index is 3.62. The Morgan fingerprint density at radius 2 is 0.700 bits per heavy atom. The van der Waals surface area contributed by atoms with Crippen molar-refractivity contribution >= 4 is 5.91 Å². The van der Waals surface area contributed by atoms with E-state index in [-0.39, 0.29) is 0 Å². The van der Waals surface area contributed by atoms with Crippen LogP contribution in [0.25, 0.3) is 0 Å². The lowest BCUT2D eigenvalue weighted by molar-refractivity contribution is -0.132. The average Bonchev–Trinajstić information content (AvgIpc) is 3.25. The molecule has 0 rings (SSSR count). The predicted octanol–water partition coefficient (Wildman–Crippen LogP) is 14.9. The van der Waals surface area contributed by atoms with Gasteiger partial charge in [-0.1, -0.05) is 249 Å². The van der Waals surface area contributed by atoms with Crippen LogP contribution < -0.4 is 5.32 Å². The number of rotatable bonds is 48. The van der Waals surface area contributed by atoms with Crippen molar-refractivity contribution in [2.24, 2.45) is 0 Å². The zero-order chi connectivity index (χ0) is 43.8. The predicted molar refractivity (Wildman–Crippen MR) is 260 cm³/mol. The van der Waals surface area contributed by atoms with E-state index >= 15 is 0 Å². The third-order valence-electron chi connectivity index (χ3n) is 12.3. The van der Waals surface area contributed by atoms with Gasteiger partial charge in [-0.2, -0.15) is 0 Å². The number of carbonyl (C=O) groups excluding carboxylic acids is 1. The van der Waals surface area contributed by atoms with Gasteiger partial charge in [-0.25, -0.2) is 0 Å². The van der Waals surface area contributed by atoms with E-state index in [9.17, 15) is 25.2 Å². The van der Waals surface area contributed by atoms with Crippen LogP contribution in [-0.4, -0.2) is 57.3 Å². The van der Waals surface area contributed by atoms with E-state index in [0.29, 0.717) is 19.3 Å². The van der Waals surface area contributed by atoms with Crippen molar-refractivity contribution in [1.82, 2.24) is 5.32 Å². The summed E-state index contributed by atoms with van der Waals surface area (Å²) in [6.07, 6.45) is 59.3. The van der Waals surface area contributed by atoms with E-state index in [4.69, 9.17) is 0 Å². The van der Waals surface area contributed by atoms with Crippen LogP contribution in [0.4, 0.5) is 0 Å². The Morgan fingerprint density at radius 3 is 1.03 bits per heavy atom. The van der Waals surface area contributed by atoms with Crippen LogP contribution >= 0.6 is 0 Å². The first-order valence-electron chi connectivity index (χ1n) is 26.4. The number of hydrogen-bond donors (Lipinski definition) is 5. The van der Waals surface area contributed by atoms with E-state index < -0.39 is 36.9 Å². The quantitative estimate of drug-likeness (QED) is 0.0309. The number of unbranched alkanes of at least 4 members (excludes halogenated alkanes) is 33. The number of allylic oxidation sites excluding steroid dienone is 6. The van der Waals surface area contributed by atoms with Crippen LogP contribution in [0.2, 0.25) is 0 Å². The van der Waals surface area contributed by atoms with Crippen LogP contribution in [-0.2, 0) is 4.79 Å². The summed E-state index contributed by atoms with van der Waals surface area (Å²) in [5.74, 6) is -0.596. The lowest BCUT2D eigenvalue weighted by atomic mass is 10.00. The molecule has 0 bridgehead atoms. The van der Waals surface area contributed by atoms with Crippen LogP contribution in [0.3, 0.4) is 0 Å². The molecule has 0 aliphatic rings. The number of carbonyl (C=O) groups is 1. The summed E-state index contributed by atoms with van der Waals surface area (Å²) in [4.78, 5) is 12.6. The minimum Gasteiger partial charge on any atom is -0.394 e. The fourth-order valence-corrected chi connectivity index (χ4v) is 8.13. The summed E-state index contributed by atoms with van der Waals surface area (Å²) in [6.45, 7) is 4.01. The van der Waals surface area contributed by atoms with Gasteiger partial charge in [0.25, 0.3) is 0 Å². The minimum absolute atomic E-state index is 0.362. The third kappa shape index (κ3) is 41.9. The molecule has 0 radical (unpaired) electrons. The van der Waals surface area contributed by atoms with Crippen molar-refractivity contribution < 1.29 is 25.2 Å². The van der Waals surface area contributed by atoms with Gasteiger partial charge in [-0.15, -0.1) is 0 Å². The van der Waals surface area contributed by atoms with Gasteiger partial charge in [-0.05, 0) is 57.8 Å². The van der Waals surface area contributed by atoms with E-state index in [1.54, 1.807) is 0 Å². The number of amides is 1. The molecule has 6 nitrogen and oxygen atoms in total. The summed E-state index contributed by atoms with van der Waals surface area (Å²) in [5.41, 5.74) is 0. The molecule has 5 N–H and O–H groups in total. The highest BCUT2D eigenvalue weighted by molar-refractivity contribution is 5.80. The first-order valence-corrected chi connectivity index (χ1v) is 26.4. The molecule has 354 valence electrons. The molecule has 1 amide bonds. The number of aliphatic hydroxyl groups excluding tert-OH is 4. The Labute approximate surface area is 373 Å². The largest absolute Gasteiger partial charge is 0.394 e. The molecule has 0 aromatic carbocycles. The van der Waals surface area contributed by atoms with Gasteiger partial charge >= 0.3 is 0 Å². The lowest BCUT2D eigenvalue weighted by Gasteiger charge is -2.27. The molecule has 0 heterocycles. The normalized spacial score (nSPS) is 14.2. The van der Waals surface area contributed by atoms with Gasteiger partial charge in [0.2, 0.25) is 5.91 Å². The van der Waals surface area contributed by atoms with Gasteiger partial charge in [0.05, 0.1) is 18.8 Å². The molecule has 0 aromatic heterocycles. The van der Waals surface area contributed by atoms with Crippen molar-refractivity contribution in [2.75, 3.05) is 6.61 Å². The second kappa shape index (κ2) is 48.6. The third-order valence-corrected chi connectivity index (χ3v) is 12.3. The smallest absolute Gasteiger partial charge is 0.249 e. The zero-order valence-electron chi connectivity index (χ0n) is 40.0. The van der Waals surface area contributed by atoms with Crippen molar-refractivity contribution in [2.45, 2.75) is 295 Å². The van der Waals surface area contributed by atoms with Crippen molar-refractivity contribution in [3.8, 4) is 0 Å². The lowest BCUT2D eigenvalue weighted by Crippen LogP contribution is -2.53. The molecule has 0 aliphatic carbocycles. The van der Waals surface area contributed by atoms with Crippen LogP contribution in [0.15, 0.2) is 36.5 Å². The average molecular weight is 846 g/mol. The van der Waals surface area contributed by atoms with E-state index in [2.05, 4.69) is 55.6 Å². The first kappa shape index (κ1) is 58.5. The van der Waals surface area contributed by atoms with Crippen LogP contribution in [0, 0.1) is 0 Å². The fourth-order valence-electron chi connectivity index (χ4n) is 8.13. The molecular formula is C54H103NO5. The highest BCUT2D eigenvalue weighted by atomic mass is 16.3. The van der Waals surface area contributed by atoms with Crippen molar-refractivity contribution in [3.63, 3.8) is 0 Å². The molecule has 60 heavy (non-hydrogen) atoms.